The van der Waals surface area contributed by atoms with E-state index in [1.165, 1.54) is 38.5 Å². The van der Waals surface area contributed by atoms with Gasteiger partial charge in [0.2, 0.25) is 0 Å². The molecule has 0 aliphatic heterocycles. The van der Waals surface area contributed by atoms with Crippen molar-refractivity contribution in [2.75, 3.05) is 13.2 Å². The molecule has 0 aromatic heterocycles. The smallest absolute Gasteiger partial charge is 0.119 e. The number of benzene rings is 3. The highest BCUT2D eigenvalue weighted by Gasteiger charge is 2.14. The summed E-state index contributed by atoms with van der Waals surface area (Å²) in [6.45, 7) is 15.0. The summed E-state index contributed by atoms with van der Waals surface area (Å²) in [6, 6.07) is 20.1. The zero-order valence-electron chi connectivity index (χ0n) is 28.3. The maximum atomic E-state index is 10.3. The van der Waals surface area contributed by atoms with E-state index in [0.717, 1.165) is 82.8 Å². The first kappa shape index (κ1) is 35.7. The lowest BCUT2D eigenvalue weighted by molar-refractivity contribution is 0.275. The lowest BCUT2D eigenvalue weighted by Gasteiger charge is -2.17. The van der Waals surface area contributed by atoms with Crippen LogP contribution < -0.4 is 9.47 Å². The van der Waals surface area contributed by atoms with Crippen LogP contribution in [0.1, 0.15) is 104 Å². The molecule has 0 saturated carbocycles. The van der Waals surface area contributed by atoms with Crippen LogP contribution in [0.5, 0.6) is 11.5 Å². The summed E-state index contributed by atoms with van der Waals surface area (Å²) in [5, 5.41) is 20.6. The minimum Gasteiger partial charge on any atom is -0.494 e. The molecule has 4 heteroatoms. The Hall–Kier alpha value is -2.82. The van der Waals surface area contributed by atoms with Crippen molar-refractivity contribution in [2.24, 2.45) is 23.7 Å². The van der Waals surface area contributed by atoms with Crippen molar-refractivity contribution in [1.82, 2.24) is 0 Å². The molecule has 0 amide bonds. The first-order chi connectivity index (χ1) is 21.2. The Kier molecular flexibility index (Phi) is 15.3. The van der Waals surface area contributed by atoms with Gasteiger partial charge in [0.15, 0.2) is 0 Å². The first-order valence-corrected chi connectivity index (χ1v) is 17.0. The van der Waals surface area contributed by atoms with Crippen LogP contribution in [0.25, 0.3) is 22.3 Å². The van der Waals surface area contributed by atoms with Gasteiger partial charge in [-0.1, -0.05) is 104 Å². The first-order valence-electron chi connectivity index (χ1n) is 17.0. The summed E-state index contributed by atoms with van der Waals surface area (Å²) >= 11 is 0. The molecule has 0 aliphatic carbocycles. The second-order valence-corrected chi connectivity index (χ2v) is 13.7. The van der Waals surface area contributed by atoms with Crippen LogP contribution in [0.15, 0.2) is 60.7 Å². The minimum absolute atomic E-state index is 0.0858. The highest BCUT2D eigenvalue weighted by molar-refractivity contribution is 5.77. The van der Waals surface area contributed by atoms with Gasteiger partial charge in [-0.3, -0.25) is 0 Å². The number of hydrogen-bond donors (Lipinski definition) is 2. The van der Waals surface area contributed by atoms with Gasteiger partial charge in [-0.05, 0) is 106 Å². The van der Waals surface area contributed by atoms with Crippen molar-refractivity contribution in [1.29, 1.82) is 0 Å². The molecule has 0 bridgehead atoms. The molecule has 2 atom stereocenters. The van der Waals surface area contributed by atoms with Crippen LogP contribution in [0.3, 0.4) is 0 Å². The quantitative estimate of drug-likeness (QED) is 0.135. The van der Waals surface area contributed by atoms with E-state index in [1.807, 2.05) is 60.7 Å². The highest BCUT2D eigenvalue weighted by atomic mass is 16.5. The van der Waals surface area contributed by atoms with E-state index >= 15 is 0 Å². The van der Waals surface area contributed by atoms with E-state index in [1.54, 1.807) is 0 Å². The molecule has 3 rings (SSSR count). The van der Waals surface area contributed by atoms with Gasteiger partial charge in [0.05, 0.1) is 26.4 Å². The van der Waals surface area contributed by atoms with Crippen LogP contribution >= 0.6 is 0 Å². The third-order valence-corrected chi connectivity index (χ3v) is 8.72. The van der Waals surface area contributed by atoms with Gasteiger partial charge in [0.1, 0.15) is 11.5 Å². The maximum Gasteiger partial charge on any atom is 0.119 e. The molecule has 4 nitrogen and oxygen atoms in total. The van der Waals surface area contributed by atoms with Crippen LogP contribution in [0.2, 0.25) is 0 Å². The zero-order chi connectivity index (χ0) is 31.9. The number of ether oxygens (including phenoxy) is 2. The molecule has 3 aromatic carbocycles. The maximum absolute atomic E-state index is 10.3. The molecule has 0 saturated heterocycles. The SMILES string of the molecule is CC(C)CCCC(C)CCOc1ccc(-c2cc(CO)c(-c3ccc(OCCC(C)CCCC(C)C)cc3)cc2CO)cc1. The number of hydrogen-bond acceptors (Lipinski definition) is 4. The Morgan fingerprint density at radius 1 is 0.500 bits per heavy atom. The predicted octanol–water partition coefficient (Wildman–Crippen LogP) is 10.5. The second kappa shape index (κ2) is 18.9. The molecule has 44 heavy (non-hydrogen) atoms. The van der Waals surface area contributed by atoms with Crippen LogP contribution in [-0.4, -0.2) is 23.4 Å². The molecule has 2 unspecified atom stereocenters. The summed E-state index contributed by atoms with van der Waals surface area (Å²) in [7, 11) is 0. The number of aliphatic hydroxyl groups excluding tert-OH is 2. The normalized spacial score (nSPS) is 13.0. The zero-order valence-corrected chi connectivity index (χ0v) is 28.3. The molecule has 0 aliphatic rings. The van der Waals surface area contributed by atoms with E-state index in [2.05, 4.69) is 41.5 Å². The third-order valence-electron chi connectivity index (χ3n) is 8.72. The van der Waals surface area contributed by atoms with Crippen molar-refractivity contribution in [3.8, 4) is 33.8 Å². The fourth-order valence-corrected chi connectivity index (χ4v) is 5.74. The third kappa shape index (κ3) is 11.9. The van der Waals surface area contributed by atoms with E-state index in [9.17, 15) is 10.2 Å². The molecular weight excluding hydrogens is 544 g/mol. The van der Waals surface area contributed by atoms with E-state index in [4.69, 9.17) is 9.47 Å². The van der Waals surface area contributed by atoms with E-state index < -0.39 is 0 Å². The molecule has 0 spiro atoms. The second-order valence-electron chi connectivity index (χ2n) is 13.7. The molecule has 0 fully saturated rings. The van der Waals surface area contributed by atoms with E-state index in [0.29, 0.717) is 11.8 Å². The summed E-state index contributed by atoms with van der Waals surface area (Å²) < 4.78 is 12.1. The lowest BCUT2D eigenvalue weighted by atomic mass is 9.91. The van der Waals surface area contributed by atoms with Crippen molar-refractivity contribution in [2.45, 2.75) is 106 Å². The van der Waals surface area contributed by atoms with Gasteiger partial charge in [-0.15, -0.1) is 0 Å². The summed E-state index contributed by atoms with van der Waals surface area (Å²) in [6.07, 6.45) is 9.78. The van der Waals surface area contributed by atoms with Gasteiger partial charge in [-0.25, -0.2) is 0 Å². The fourth-order valence-electron chi connectivity index (χ4n) is 5.74. The Balaban J connectivity index is 1.60. The summed E-state index contributed by atoms with van der Waals surface area (Å²) in [5.41, 5.74) is 5.49. The number of rotatable bonds is 20. The molecule has 2 N–H and O–H groups in total. The molecular formula is C40H58O4. The van der Waals surface area contributed by atoms with Crippen LogP contribution in [-0.2, 0) is 13.2 Å². The Bertz CT molecular complexity index is 1120. The predicted molar refractivity (Wildman–Crippen MR) is 185 cm³/mol. The Labute approximate surface area is 267 Å². The van der Waals surface area contributed by atoms with Gasteiger partial charge in [0.25, 0.3) is 0 Å². The molecule has 0 radical (unpaired) electrons. The lowest BCUT2D eigenvalue weighted by Crippen LogP contribution is -2.05. The standard InChI is InChI=1S/C40H58O4/c1-29(2)9-7-11-31(5)21-23-43-37-17-13-33(14-18-37)39-25-36(28-42)40(26-35(39)27-41)34-15-19-38(20-16-34)44-24-22-32(6)12-8-10-30(3)4/h13-20,25-26,29-32,41-42H,7-12,21-24,27-28H2,1-6H3. The van der Waals surface area contributed by atoms with Crippen LogP contribution in [0, 0.1) is 23.7 Å². The molecule has 242 valence electrons. The van der Waals surface area contributed by atoms with Gasteiger partial charge < -0.3 is 19.7 Å². The number of aliphatic hydroxyl groups is 2. The fraction of sp³-hybridized carbons (Fsp3) is 0.550. The average molecular weight is 603 g/mol. The minimum atomic E-state index is -0.0858. The molecule has 0 heterocycles. The van der Waals surface area contributed by atoms with Gasteiger partial charge in [-0.2, -0.15) is 0 Å². The summed E-state index contributed by atoms with van der Waals surface area (Å²) in [4.78, 5) is 0. The van der Waals surface area contributed by atoms with Crippen molar-refractivity contribution in [3.05, 3.63) is 71.8 Å². The van der Waals surface area contributed by atoms with Gasteiger partial charge in [0, 0.05) is 0 Å². The van der Waals surface area contributed by atoms with E-state index in [-0.39, 0.29) is 13.2 Å². The van der Waals surface area contributed by atoms with Crippen molar-refractivity contribution < 1.29 is 19.7 Å². The van der Waals surface area contributed by atoms with Crippen molar-refractivity contribution in [3.63, 3.8) is 0 Å². The van der Waals surface area contributed by atoms with Gasteiger partial charge >= 0.3 is 0 Å². The molecule has 3 aromatic rings. The van der Waals surface area contributed by atoms with Crippen LogP contribution in [0.4, 0.5) is 0 Å². The summed E-state index contributed by atoms with van der Waals surface area (Å²) in [5.74, 6) is 4.58. The monoisotopic (exact) mass is 602 g/mol. The Morgan fingerprint density at radius 3 is 1.18 bits per heavy atom. The highest BCUT2D eigenvalue weighted by Crippen LogP contribution is 2.34. The Morgan fingerprint density at radius 2 is 0.864 bits per heavy atom. The van der Waals surface area contributed by atoms with Crippen molar-refractivity contribution >= 4 is 0 Å². The largest absolute Gasteiger partial charge is 0.494 e. The average Bonchev–Trinajstić information content (AvgIpc) is 3.01. The topological polar surface area (TPSA) is 58.9 Å².